The largest absolute Gasteiger partial charge is 0.396 e. The van der Waals surface area contributed by atoms with E-state index < -0.39 is 0 Å². The van der Waals surface area contributed by atoms with Gasteiger partial charge in [-0.15, -0.1) is 0 Å². The number of nitrogens with zero attached hydrogens (tertiary/aromatic N) is 3. The number of nitrogens with one attached hydrogen (secondary N) is 1. The average Bonchev–Trinajstić information content (AvgIpc) is 2.93. The number of nitriles is 1. The van der Waals surface area contributed by atoms with Crippen molar-refractivity contribution in [1.29, 1.82) is 5.26 Å². The highest BCUT2D eigenvalue weighted by molar-refractivity contribution is 5.85. The van der Waals surface area contributed by atoms with Crippen molar-refractivity contribution < 1.29 is 5.11 Å². The third-order valence-corrected chi connectivity index (χ3v) is 4.21. The highest BCUT2D eigenvalue weighted by Crippen LogP contribution is 2.27. The van der Waals surface area contributed by atoms with Gasteiger partial charge < -0.3 is 10.4 Å². The molecule has 0 aliphatic carbocycles. The van der Waals surface area contributed by atoms with E-state index in [2.05, 4.69) is 23.3 Å². The molecule has 0 saturated heterocycles. The topological polar surface area (TPSA) is 73.3 Å². The fraction of sp³-hybridized carbons (Fsp3) is 0.333. The summed E-state index contributed by atoms with van der Waals surface area (Å²) in [6.45, 7) is 4.16. The molecule has 0 spiro atoms. The fourth-order valence-electron chi connectivity index (χ4n) is 2.94. The minimum absolute atomic E-state index is 0.147. The molecule has 0 aliphatic heterocycles. The maximum atomic E-state index is 9.49. The Morgan fingerprint density at radius 2 is 2.17 bits per heavy atom. The van der Waals surface area contributed by atoms with Gasteiger partial charge in [-0.25, -0.2) is 4.98 Å². The smallest absolute Gasteiger partial charge is 0.157 e. The van der Waals surface area contributed by atoms with Gasteiger partial charge in [0.05, 0.1) is 16.6 Å². The van der Waals surface area contributed by atoms with E-state index in [-0.39, 0.29) is 12.6 Å². The Bertz CT molecular complexity index is 891. The minimum atomic E-state index is 0.147. The van der Waals surface area contributed by atoms with Crippen LogP contribution in [0.4, 0.5) is 5.82 Å². The Labute approximate surface area is 135 Å². The number of aliphatic hydroxyl groups excluding tert-OH is 1. The molecule has 3 rings (SSSR count). The summed E-state index contributed by atoms with van der Waals surface area (Å²) in [6, 6.07) is 12.3. The van der Waals surface area contributed by atoms with Gasteiger partial charge in [0.2, 0.25) is 0 Å². The second-order valence-electron chi connectivity index (χ2n) is 5.72. The van der Waals surface area contributed by atoms with Crippen molar-refractivity contribution in [2.45, 2.75) is 32.7 Å². The Morgan fingerprint density at radius 1 is 1.39 bits per heavy atom. The number of aromatic nitrogens is 2. The predicted molar refractivity (Wildman–Crippen MR) is 91.6 cm³/mol. The number of anilines is 1. The summed E-state index contributed by atoms with van der Waals surface area (Å²) in [5, 5.41) is 22.2. The standard InChI is InChI=1S/C18H20N4O/c1-3-13(8-9-23)20-17-10-12(2)14(11-19)18-21-15-6-4-5-7-16(15)22(17)18/h4-7,10,13,20,23H,3,8-9H2,1-2H3. The first-order valence-electron chi connectivity index (χ1n) is 7.87. The lowest BCUT2D eigenvalue weighted by atomic mass is 10.1. The van der Waals surface area contributed by atoms with E-state index in [1.165, 1.54) is 0 Å². The van der Waals surface area contributed by atoms with Gasteiger partial charge in [-0.3, -0.25) is 4.40 Å². The molecule has 2 N–H and O–H groups in total. The van der Waals surface area contributed by atoms with E-state index in [9.17, 15) is 10.4 Å². The fourth-order valence-corrected chi connectivity index (χ4v) is 2.94. The van der Waals surface area contributed by atoms with E-state index in [0.29, 0.717) is 17.6 Å². The number of fused-ring (bicyclic) bond motifs is 3. The van der Waals surface area contributed by atoms with Crippen molar-refractivity contribution in [1.82, 2.24) is 9.38 Å². The molecule has 1 aromatic carbocycles. The molecule has 1 atom stereocenters. The van der Waals surface area contributed by atoms with Crippen molar-refractivity contribution >= 4 is 22.5 Å². The molecule has 0 fully saturated rings. The lowest BCUT2D eigenvalue weighted by Crippen LogP contribution is -2.21. The monoisotopic (exact) mass is 308 g/mol. The number of para-hydroxylation sites is 2. The molecule has 5 nitrogen and oxygen atoms in total. The van der Waals surface area contributed by atoms with Gasteiger partial charge in [-0.1, -0.05) is 19.1 Å². The van der Waals surface area contributed by atoms with Crippen molar-refractivity contribution in [3.05, 3.63) is 41.5 Å². The Hall–Kier alpha value is -2.58. The first kappa shape index (κ1) is 15.3. The zero-order valence-electron chi connectivity index (χ0n) is 13.4. The summed E-state index contributed by atoms with van der Waals surface area (Å²) in [6.07, 6.45) is 1.59. The second-order valence-corrected chi connectivity index (χ2v) is 5.72. The number of benzene rings is 1. The van der Waals surface area contributed by atoms with Gasteiger partial charge in [-0.05, 0) is 43.5 Å². The number of aryl methyl sites for hydroxylation is 1. The second kappa shape index (κ2) is 6.27. The van der Waals surface area contributed by atoms with Crippen LogP contribution in [0.2, 0.25) is 0 Å². The van der Waals surface area contributed by atoms with Crippen LogP contribution in [-0.2, 0) is 0 Å². The zero-order valence-corrected chi connectivity index (χ0v) is 13.4. The van der Waals surface area contributed by atoms with Gasteiger partial charge in [0.15, 0.2) is 5.65 Å². The summed E-state index contributed by atoms with van der Waals surface area (Å²) in [7, 11) is 0. The molecular weight excluding hydrogens is 288 g/mol. The molecule has 0 bridgehead atoms. The molecule has 3 aromatic rings. The quantitative estimate of drug-likeness (QED) is 0.759. The van der Waals surface area contributed by atoms with Crippen LogP contribution >= 0.6 is 0 Å². The SMILES string of the molecule is CCC(CCO)Nc1cc(C)c(C#N)c2nc3ccccc3n12. The molecule has 2 aromatic heterocycles. The summed E-state index contributed by atoms with van der Waals surface area (Å²) >= 11 is 0. The first-order valence-corrected chi connectivity index (χ1v) is 7.87. The molecule has 118 valence electrons. The molecule has 0 aliphatic rings. The summed E-state index contributed by atoms with van der Waals surface area (Å²) in [5.74, 6) is 0.908. The molecule has 23 heavy (non-hydrogen) atoms. The number of aliphatic hydroxyl groups is 1. The Kier molecular flexibility index (Phi) is 4.18. The Balaban J connectivity index is 2.27. The molecule has 1 unspecified atom stereocenters. The molecule has 0 amide bonds. The van der Waals surface area contributed by atoms with Crippen LogP contribution in [0.25, 0.3) is 16.7 Å². The molecule has 5 heteroatoms. The molecule has 2 heterocycles. The number of hydrogen-bond acceptors (Lipinski definition) is 4. The predicted octanol–water partition coefficient (Wildman–Crippen LogP) is 3.24. The van der Waals surface area contributed by atoms with E-state index >= 15 is 0 Å². The lowest BCUT2D eigenvalue weighted by molar-refractivity contribution is 0.278. The van der Waals surface area contributed by atoms with Gasteiger partial charge in [0, 0.05) is 12.6 Å². The van der Waals surface area contributed by atoms with Crippen LogP contribution in [-0.4, -0.2) is 27.1 Å². The average molecular weight is 308 g/mol. The van der Waals surface area contributed by atoms with Crippen molar-refractivity contribution in [3.63, 3.8) is 0 Å². The number of rotatable bonds is 5. The maximum Gasteiger partial charge on any atom is 0.157 e. The van der Waals surface area contributed by atoms with E-state index in [1.54, 1.807) is 0 Å². The van der Waals surface area contributed by atoms with E-state index in [0.717, 1.165) is 28.8 Å². The van der Waals surface area contributed by atoms with Gasteiger partial charge in [0.25, 0.3) is 0 Å². The van der Waals surface area contributed by atoms with Crippen molar-refractivity contribution in [2.75, 3.05) is 11.9 Å². The number of imidazole rings is 1. The normalized spacial score (nSPS) is 12.4. The van der Waals surface area contributed by atoms with Crippen LogP contribution in [0.15, 0.2) is 30.3 Å². The maximum absolute atomic E-state index is 9.49. The zero-order chi connectivity index (χ0) is 16.4. The highest BCUT2D eigenvalue weighted by atomic mass is 16.3. The number of hydrogen-bond donors (Lipinski definition) is 2. The van der Waals surface area contributed by atoms with Crippen LogP contribution in [0.5, 0.6) is 0 Å². The molecular formula is C18H20N4O. The summed E-state index contributed by atoms with van der Waals surface area (Å²) < 4.78 is 2.00. The van der Waals surface area contributed by atoms with Crippen LogP contribution in [0.1, 0.15) is 30.9 Å². The van der Waals surface area contributed by atoms with Crippen LogP contribution in [0.3, 0.4) is 0 Å². The number of pyridine rings is 1. The minimum Gasteiger partial charge on any atom is -0.396 e. The Morgan fingerprint density at radius 3 is 2.87 bits per heavy atom. The third-order valence-electron chi connectivity index (χ3n) is 4.21. The van der Waals surface area contributed by atoms with Crippen molar-refractivity contribution in [2.24, 2.45) is 0 Å². The highest BCUT2D eigenvalue weighted by Gasteiger charge is 2.16. The first-order chi connectivity index (χ1) is 11.2. The van der Waals surface area contributed by atoms with Crippen LogP contribution < -0.4 is 5.32 Å². The van der Waals surface area contributed by atoms with Gasteiger partial charge in [0.1, 0.15) is 11.9 Å². The van der Waals surface area contributed by atoms with Crippen molar-refractivity contribution in [3.8, 4) is 6.07 Å². The third kappa shape index (κ3) is 2.62. The van der Waals surface area contributed by atoms with Gasteiger partial charge in [-0.2, -0.15) is 5.26 Å². The van der Waals surface area contributed by atoms with Gasteiger partial charge >= 0.3 is 0 Å². The summed E-state index contributed by atoms with van der Waals surface area (Å²) in [4.78, 5) is 4.64. The van der Waals surface area contributed by atoms with Crippen LogP contribution in [0, 0.1) is 18.3 Å². The van der Waals surface area contributed by atoms with E-state index in [1.807, 2.05) is 41.7 Å². The molecule has 0 saturated carbocycles. The summed E-state index contributed by atoms with van der Waals surface area (Å²) in [5.41, 5.74) is 4.02. The lowest BCUT2D eigenvalue weighted by Gasteiger charge is -2.19. The van der Waals surface area contributed by atoms with E-state index in [4.69, 9.17) is 0 Å². The molecule has 0 radical (unpaired) electrons.